The molecule has 13 heavy (non-hydrogen) atoms. The topological polar surface area (TPSA) is 9.23 Å². The molecule has 0 radical (unpaired) electrons. The van der Waals surface area contributed by atoms with E-state index in [-0.39, 0.29) is 15.7 Å². The van der Waals surface area contributed by atoms with Crippen LogP contribution in [-0.4, -0.2) is 11.2 Å². The molecule has 1 aromatic carbocycles. The zero-order valence-electron chi connectivity index (χ0n) is 7.44. The van der Waals surface area contributed by atoms with Gasteiger partial charge in [0.25, 0.3) is 0 Å². The molecular formula is C10H12ClORu. The molecule has 0 aromatic heterocycles. The van der Waals surface area contributed by atoms with Crippen molar-refractivity contribution in [2.24, 2.45) is 0 Å². The van der Waals surface area contributed by atoms with Crippen molar-refractivity contribution in [1.82, 2.24) is 0 Å². The summed E-state index contributed by atoms with van der Waals surface area (Å²) in [6.45, 7) is 2.86. The average molecular weight is 285 g/mol. The van der Waals surface area contributed by atoms with Gasteiger partial charge in [-0.05, 0) is 0 Å². The first-order chi connectivity index (χ1) is 6.38. The quantitative estimate of drug-likeness (QED) is 0.773. The summed E-state index contributed by atoms with van der Waals surface area (Å²) in [7, 11) is 5.72. The monoisotopic (exact) mass is 285 g/mol. The van der Waals surface area contributed by atoms with E-state index in [1.807, 2.05) is 28.9 Å². The molecule has 0 atom stereocenters. The normalized spacial score (nSPS) is 11.2. The SMILES string of the molecule is CCCOc1ccccc1[CH]=[Ru][Cl]. The van der Waals surface area contributed by atoms with Crippen LogP contribution in [0.2, 0.25) is 0 Å². The molecule has 0 saturated heterocycles. The van der Waals surface area contributed by atoms with Crippen molar-refractivity contribution in [2.75, 3.05) is 6.61 Å². The van der Waals surface area contributed by atoms with Gasteiger partial charge in [-0.3, -0.25) is 0 Å². The van der Waals surface area contributed by atoms with Gasteiger partial charge in [-0.1, -0.05) is 0 Å². The molecule has 0 fully saturated rings. The predicted octanol–water partition coefficient (Wildman–Crippen LogP) is 2.86. The van der Waals surface area contributed by atoms with Crippen LogP contribution in [0.15, 0.2) is 24.3 Å². The molecule has 1 nitrogen and oxygen atoms in total. The van der Waals surface area contributed by atoms with Gasteiger partial charge < -0.3 is 0 Å². The zero-order valence-corrected chi connectivity index (χ0v) is 9.93. The summed E-state index contributed by atoms with van der Waals surface area (Å²) in [4.78, 5) is 0. The Hall–Kier alpha value is -0.197. The summed E-state index contributed by atoms with van der Waals surface area (Å²) in [5, 5.41) is 0. The molecular weight excluding hydrogens is 273 g/mol. The fourth-order valence-electron chi connectivity index (χ4n) is 0.950. The van der Waals surface area contributed by atoms with Crippen LogP contribution in [0, 0.1) is 0 Å². The minimum atomic E-state index is -0.181. The Labute approximate surface area is 90.2 Å². The molecule has 0 aliphatic carbocycles. The molecule has 0 bridgehead atoms. The Bertz CT molecular complexity index is 286. The molecule has 0 heterocycles. The van der Waals surface area contributed by atoms with E-state index in [0.29, 0.717) is 0 Å². The first-order valence-electron chi connectivity index (χ1n) is 4.15. The van der Waals surface area contributed by atoms with Crippen LogP contribution in [0.3, 0.4) is 0 Å². The van der Waals surface area contributed by atoms with Gasteiger partial charge in [-0.15, -0.1) is 0 Å². The van der Waals surface area contributed by atoms with E-state index in [9.17, 15) is 0 Å². The number of halogens is 1. The molecule has 0 unspecified atom stereocenters. The van der Waals surface area contributed by atoms with Crippen LogP contribution in [0.5, 0.6) is 5.75 Å². The third-order valence-electron chi connectivity index (χ3n) is 1.53. The molecule has 0 N–H and O–H groups in total. The fourth-order valence-corrected chi connectivity index (χ4v) is 2.06. The number of para-hydroxylation sites is 1. The zero-order chi connectivity index (χ0) is 9.52. The first-order valence-corrected chi connectivity index (χ1v) is 7.40. The summed E-state index contributed by atoms with van der Waals surface area (Å²) in [6, 6.07) is 7.99. The molecule has 0 saturated carbocycles. The van der Waals surface area contributed by atoms with Crippen LogP contribution in [-0.2, 0) is 15.7 Å². The molecule has 0 aliphatic heterocycles. The average Bonchev–Trinajstić information content (AvgIpc) is 2.17. The number of hydrogen-bond acceptors (Lipinski definition) is 1. The Kier molecular flexibility index (Phi) is 5.26. The maximum atomic E-state index is 5.72. The Morgan fingerprint density at radius 2 is 2.23 bits per heavy atom. The van der Waals surface area contributed by atoms with Crippen molar-refractivity contribution in [3.8, 4) is 5.75 Å². The van der Waals surface area contributed by atoms with Gasteiger partial charge in [0.1, 0.15) is 0 Å². The third-order valence-corrected chi connectivity index (χ3v) is 2.72. The van der Waals surface area contributed by atoms with Crippen molar-refractivity contribution in [2.45, 2.75) is 13.3 Å². The van der Waals surface area contributed by atoms with E-state index in [2.05, 4.69) is 6.92 Å². The molecule has 0 spiro atoms. The molecule has 3 heteroatoms. The van der Waals surface area contributed by atoms with E-state index in [4.69, 9.17) is 14.4 Å². The summed E-state index contributed by atoms with van der Waals surface area (Å²) < 4.78 is 7.60. The second-order valence-electron chi connectivity index (χ2n) is 2.57. The van der Waals surface area contributed by atoms with Crippen LogP contribution < -0.4 is 4.74 Å². The molecule has 0 aliphatic rings. The minimum absolute atomic E-state index is 0.181. The van der Waals surface area contributed by atoms with Crippen LogP contribution in [0.25, 0.3) is 0 Å². The Morgan fingerprint density at radius 1 is 1.46 bits per heavy atom. The van der Waals surface area contributed by atoms with Gasteiger partial charge in [0.15, 0.2) is 0 Å². The fraction of sp³-hybridized carbons (Fsp3) is 0.300. The van der Waals surface area contributed by atoms with E-state index in [0.717, 1.165) is 24.3 Å². The van der Waals surface area contributed by atoms with Gasteiger partial charge in [0, 0.05) is 0 Å². The summed E-state index contributed by atoms with van der Waals surface area (Å²) in [5.41, 5.74) is 1.11. The molecule has 1 aromatic rings. The van der Waals surface area contributed by atoms with Crippen LogP contribution in [0.4, 0.5) is 0 Å². The standard InChI is InChI=1S/C10H12O.ClH.Ru/c1-3-8-11-10-7-5-4-6-9(10)2;;/h2,4-7H,3,8H2,1H3;1H;/q;;+1/p-1. The Morgan fingerprint density at radius 3 is 2.92 bits per heavy atom. The molecule has 0 amide bonds. The number of benzene rings is 1. The van der Waals surface area contributed by atoms with E-state index in [1.54, 1.807) is 0 Å². The second-order valence-corrected chi connectivity index (χ2v) is 4.36. The van der Waals surface area contributed by atoms with Gasteiger partial charge in [-0.25, -0.2) is 0 Å². The number of ether oxygens (including phenoxy) is 1. The van der Waals surface area contributed by atoms with Crippen molar-refractivity contribution in [3.63, 3.8) is 0 Å². The number of rotatable bonds is 4. The summed E-state index contributed by atoms with van der Waals surface area (Å²) in [6.07, 6.45) is 1.03. The predicted molar refractivity (Wildman–Crippen MR) is 53.2 cm³/mol. The van der Waals surface area contributed by atoms with Gasteiger partial charge in [0.2, 0.25) is 0 Å². The first kappa shape index (κ1) is 10.9. The van der Waals surface area contributed by atoms with Crippen molar-refractivity contribution < 1.29 is 20.4 Å². The van der Waals surface area contributed by atoms with Gasteiger partial charge in [-0.2, -0.15) is 0 Å². The summed E-state index contributed by atoms with van der Waals surface area (Å²) in [5.74, 6) is 0.944. The van der Waals surface area contributed by atoms with Crippen molar-refractivity contribution in [3.05, 3.63) is 29.8 Å². The summed E-state index contributed by atoms with van der Waals surface area (Å²) >= 11 is -0.181. The molecule has 1 rings (SSSR count). The van der Waals surface area contributed by atoms with Gasteiger partial charge >= 0.3 is 90.3 Å². The van der Waals surface area contributed by atoms with E-state index >= 15 is 0 Å². The van der Waals surface area contributed by atoms with Crippen molar-refractivity contribution >= 4 is 14.3 Å². The maximum absolute atomic E-state index is 5.72. The van der Waals surface area contributed by atoms with Crippen molar-refractivity contribution in [1.29, 1.82) is 0 Å². The number of hydrogen-bond donors (Lipinski definition) is 0. The van der Waals surface area contributed by atoms with Gasteiger partial charge in [0.05, 0.1) is 0 Å². The second kappa shape index (κ2) is 6.29. The van der Waals surface area contributed by atoms with E-state index < -0.39 is 0 Å². The van der Waals surface area contributed by atoms with E-state index in [1.165, 1.54) is 0 Å². The third kappa shape index (κ3) is 3.58. The van der Waals surface area contributed by atoms with Crippen LogP contribution >= 0.6 is 9.69 Å². The molecule has 73 valence electrons. The van der Waals surface area contributed by atoms with Crippen LogP contribution in [0.1, 0.15) is 18.9 Å². The Balaban J connectivity index is 2.78.